The minimum Gasteiger partial charge on any atom is -0.480 e. The molecule has 0 spiro atoms. The fraction of sp³-hybridized carbons (Fsp3) is 0.800. The van der Waals surface area contributed by atoms with Gasteiger partial charge in [0.05, 0.1) is 31.8 Å². The first kappa shape index (κ1) is 17.7. The van der Waals surface area contributed by atoms with E-state index in [2.05, 4.69) is 0 Å². The van der Waals surface area contributed by atoms with Gasteiger partial charge in [-0.15, -0.1) is 0 Å². The van der Waals surface area contributed by atoms with Crippen LogP contribution in [0.5, 0.6) is 0 Å². The molecule has 9 heteroatoms. The molecule has 0 heterocycles. The van der Waals surface area contributed by atoms with E-state index in [1.54, 1.807) is 0 Å². The van der Waals surface area contributed by atoms with E-state index in [1.807, 2.05) is 0 Å². The molecule has 3 atom stereocenters. The topological polar surface area (TPSA) is 165 Å². The highest BCUT2D eigenvalue weighted by molar-refractivity contribution is 5.83. The van der Waals surface area contributed by atoms with Crippen molar-refractivity contribution in [1.29, 1.82) is 0 Å². The highest BCUT2D eigenvalue weighted by atomic mass is 16.4. The Morgan fingerprint density at radius 3 is 1.74 bits per heavy atom. The van der Waals surface area contributed by atoms with E-state index in [9.17, 15) is 19.8 Å². The number of amides is 1. The molecule has 0 aromatic heterocycles. The number of carbonyl (C=O) groups excluding carboxylic acids is 1. The Labute approximate surface area is 109 Å². The van der Waals surface area contributed by atoms with Crippen LogP contribution in [0.1, 0.15) is 6.42 Å². The number of nitrogens with two attached hydrogens (primary N) is 1. The fourth-order valence-corrected chi connectivity index (χ4v) is 1.55. The number of carboxylic acids is 1. The van der Waals surface area contributed by atoms with Gasteiger partial charge in [0, 0.05) is 13.1 Å². The fourth-order valence-electron chi connectivity index (χ4n) is 1.55. The van der Waals surface area contributed by atoms with E-state index in [0.717, 1.165) is 4.90 Å². The second-order valence-electron chi connectivity index (χ2n) is 4.15. The van der Waals surface area contributed by atoms with E-state index in [4.69, 9.17) is 21.1 Å². The summed E-state index contributed by atoms with van der Waals surface area (Å²) >= 11 is 0. The zero-order valence-electron chi connectivity index (χ0n) is 10.3. The normalized spacial score (nSPS) is 16.1. The number of primary amides is 1. The van der Waals surface area contributed by atoms with Crippen LogP contribution >= 0.6 is 0 Å². The minimum atomic E-state index is -1.35. The van der Waals surface area contributed by atoms with E-state index < -0.39 is 49.8 Å². The number of aliphatic carboxylic acids is 1. The van der Waals surface area contributed by atoms with Crippen molar-refractivity contribution in [3.8, 4) is 0 Å². The highest BCUT2D eigenvalue weighted by Gasteiger charge is 2.30. The summed E-state index contributed by atoms with van der Waals surface area (Å²) in [5.74, 6) is -2.21. The number of hydrogen-bond acceptors (Lipinski definition) is 7. The number of hydrogen-bond donors (Lipinski definition) is 6. The largest absolute Gasteiger partial charge is 0.480 e. The van der Waals surface area contributed by atoms with Crippen molar-refractivity contribution < 1.29 is 35.1 Å². The number of aliphatic hydroxyl groups excluding tert-OH is 4. The van der Waals surface area contributed by atoms with Gasteiger partial charge in [-0.2, -0.15) is 0 Å². The molecule has 0 fully saturated rings. The maximum absolute atomic E-state index is 11.1. The first-order chi connectivity index (χ1) is 8.81. The lowest BCUT2D eigenvalue weighted by Gasteiger charge is -2.30. The van der Waals surface area contributed by atoms with Gasteiger partial charge in [0.1, 0.15) is 6.04 Å². The summed E-state index contributed by atoms with van der Waals surface area (Å²) in [4.78, 5) is 23.0. The first-order valence-electron chi connectivity index (χ1n) is 5.64. The second kappa shape index (κ2) is 8.77. The summed E-state index contributed by atoms with van der Waals surface area (Å²) < 4.78 is 0. The molecule has 0 aromatic carbocycles. The maximum atomic E-state index is 11.1. The summed E-state index contributed by atoms with van der Waals surface area (Å²) in [6.45, 7) is -1.77. The zero-order valence-corrected chi connectivity index (χ0v) is 10.3. The number of rotatable bonds is 10. The van der Waals surface area contributed by atoms with Crippen LogP contribution in [0, 0.1) is 0 Å². The van der Waals surface area contributed by atoms with E-state index in [1.165, 1.54) is 0 Å². The highest BCUT2D eigenvalue weighted by Crippen LogP contribution is 2.08. The third-order valence-corrected chi connectivity index (χ3v) is 2.43. The van der Waals surface area contributed by atoms with Gasteiger partial charge in [0.25, 0.3) is 0 Å². The lowest BCUT2D eigenvalue weighted by atomic mass is 10.1. The average Bonchev–Trinajstić information content (AvgIpc) is 2.34. The van der Waals surface area contributed by atoms with Crippen molar-refractivity contribution in [3.05, 3.63) is 0 Å². The summed E-state index contributed by atoms with van der Waals surface area (Å²) in [6.07, 6.45) is -2.98. The molecule has 0 rings (SSSR count). The number of carboxylic acid groups (broad SMARTS) is 1. The van der Waals surface area contributed by atoms with Crippen molar-refractivity contribution in [3.63, 3.8) is 0 Å². The van der Waals surface area contributed by atoms with Crippen LogP contribution in [0.25, 0.3) is 0 Å². The van der Waals surface area contributed by atoms with Crippen molar-refractivity contribution in [2.45, 2.75) is 24.7 Å². The molecule has 1 amide bonds. The Bertz CT molecular complexity index is 288. The van der Waals surface area contributed by atoms with Crippen molar-refractivity contribution in [2.24, 2.45) is 5.73 Å². The van der Waals surface area contributed by atoms with Crippen LogP contribution in [0.4, 0.5) is 0 Å². The molecule has 0 saturated heterocycles. The number of nitrogens with zero attached hydrogens (tertiary/aromatic N) is 1. The predicted molar refractivity (Wildman–Crippen MR) is 63.0 cm³/mol. The van der Waals surface area contributed by atoms with Crippen molar-refractivity contribution >= 4 is 11.9 Å². The van der Waals surface area contributed by atoms with E-state index >= 15 is 0 Å². The third kappa shape index (κ3) is 7.03. The Kier molecular flexibility index (Phi) is 8.19. The van der Waals surface area contributed by atoms with Crippen LogP contribution in [0.3, 0.4) is 0 Å². The molecule has 7 N–H and O–H groups in total. The molecule has 0 bridgehead atoms. The third-order valence-electron chi connectivity index (χ3n) is 2.43. The molecule has 9 nitrogen and oxygen atoms in total. The molecule has 0 saturated carbocycles. The smallest absolute Gasteiger partial charge is 0.321 e. The molecular formula is C10H20N2O7. The molecule has 0 aliphatic rings. The van der Waals surface area contributed by atoms with Crippen molar-refractivity contribution in [2.75, 3.05) is 26.3 Å². The van der Waals surface area contributed by atoms with Crippen LogP contribution in [-0.4, -0.2) is 86.9 Å². The van der Waals surface area contributed by atoms with Gasteiger partial charge in [-0.1, -0.05) is 0 Å². The maximum Gasteiger partial charge on any atom is 0.321 e. The molecular weight excluding hydrogens is 260 g/mol. The van der Waals surface area contributed by atoms with Gasteiger partial charge in [-0.05, 0) is 0 Å². The molecule has 0 aliphatic carbocycles. The number of carbonyl (C=O) groups is 2. The minimum absolute atomic E-state index is 0.280. The van der Waals surface area contributed by atoms with Gasteiger partial charge < -0.3 is 31.3 Å². The van der Waals surface area contributed by atoms with Crippen LogP contribution in [0.15, 0.2) is 0 Å². The predicted octanol–water partition coefficient (Wildman–Crippen LogP) is -3.68. The summed E-state index contributed by atoms with van der Waals surface area (Å²) in [5.41, 5.74) is 4.94. The molecule has 0 radical (unpaired) electrons. The Morgan fingerprint density at radius 2 is 1.47 bits per heavy atom. The van der Waals surface area contributed by atoms with Gasteiger partial charge in [-0.3, -0.25) is 14.5 Å². The SMILES string of the molecule is NC(=O)C[C@@H](C(=O)O)N(CC(O)CO)CC(O)CO. The van der Waals surface area contributed by atoms with Gasteiger partial charge >= 0.3 is 5.97 Å². The van der Waals surface area contributed by atoms with Crippen LogP contribution < -0.4 is 5.73 Å². The van der Waals surface area contributed by atoms with Crippen LogP contribution in [-0.2, 0) is 9.59 Å². The van der Waals surface area contributed by atoms with E-state index in [0.29, 0.717) is 0 Å². The standard InChI is InChI=1S/C10H20N2O7/c11-9(17)1-8(10(18)19)12(2-6(15)4-13)3-7(16)5-14/h6-8,13-16H,1-5H2,(H2,11,17)(H,18,19)/t6?,7?,8-/m0/s1. The van der Waals surface area contributed by atoms with E-state index in [-0.39, 0.29) is 13.1 Å². The quantitative estimate of drug-likeness (QED) is 0.238. The van der Waals surface area contributed by atoms with Gasteiger partial charge in [0.15, 0.2) is 0 Å². The lowest BCUT2D eigenvalue weighted by Crippen LogP contribution is -2.50. The lowest BCUT2D eigenvalue weighted by molar-refractivity contribution is -0.147. The van der Waals surface area contributed by atoms with Crippen LogP contribution in [0.2, 0.25) is 0 Å². The van der Waals surface area contributed by atoms with Gasteiger partial charge in [0.2, 0.25) is 5.91 Å². The summed E-state index contributed by atoms with van der Waals surface area (Å²) in [5, 5.41) is 45.2. The summed E-state index contributed by atoms with van der Waals surface area (Å²) in [7, 11) is 0. The molecule has 2 unspecified atom stereocenters. The number of aliphatic hydroxyl groups is 4. The molecule has 0 aromatic rings. The average molecular weight is 280 g/mol. The Morgan fingerprint density at radius 1 is 1.05 bits per heavy atom. The molecule has 112 valence electrons. The molecule has 0 aliphatic heterocycles. The first-order valence-corrected chi connectivity index (χ1v) is 5.64. The monoisotopic (exact) mass is 280 g/mol. The second-order valence-corrected chi connectivity index (χ2v) is 4.15. The summed E-state index contributed by atoms with van der Waals surface area (Å²) in [6, 6.07) is -1.35. The van der Waals surface area contributed by atoms with Gasteiger partial charge in [-0.25, -0.2) is 0 Å². The van der Waals surface area contributed by atoms with Crippen molar-refractivity contribution in [1.82, 2.24) is 4.90 Å². The molecule has 19 heavy (non-hydrogen) atoms. The zero-order chi connectivity index (χ0) is 15.0. The Balaban J connectivity index is 4.91. The Hall–Kier alpha value is -1.26.